The number of carbonyl (C=O) groups is 1. The smallest absolute Gasteiger partial charge is 0.264 e. The van der Waals surface area contributed by atoms with Crippen LogP contribution in [-0.2, 0) is 0 Å². The van der Waals surface area contributed by atoms with Crippen LogP contribution in [0.3, 0.4) is 0 Å². The summed E-state index contributed by atoms with van der Waals surface area (Å²) < 4.78 is 1.68. The number of rotatable bonds is 4. The summed E-state index contributed by atoms with van der Waals surface area (Å²) in [5.41, 5.74) is 8.37. The monoisotopic (exact) mass is 964 g/mol. The molecule has 2 heterocycles. The van der Waals surface area contributed by atoms with Gasteiger partial charge in [0.05, 0.1) is 16.4 Å². The van der Waals surface area contributed by atoms with Crippen molar-refractivity contribution in [3.8, 4) is 0 Å². The molecule has 8 heteroatoms. The second-order valence-corrected chi connectivity index (χ2v) is 19.1. The first-order chi connectivity index (χ1) is 32.7. The van der Waals surface area contributed by atoms with Crippen LogP contribution in [0.2, 0.25) is 20.1 Å². The summed E-state index contributed by atoms with van der Waals surface area (Å²) in [6.07, 6.45) is 5.63. The summed E-state index contributed by atoms with van der Waals surface area (Å²) in [6.45, 7) is 21.8. The lowest BCUT2D eigenvalue weighted by atomic mass is 9.83. The minimum absolute atomic E-state index is 0.154. The van der Waals surface area contributed by atoms with Crippen molar-refractivity contribution in [2.24, 2.45) is 0 Å². The number of Topliss-reactive ketones (excluding diaryl/α,β-unsaturated/α-hetero) is 1. The highest BCUT2D eigenvalue weighted by Crippen LogP contribution is 2.53. The van der Waals surface area contributed by atoms with Crippen molar-refractivity contribution in [3.05, 3.63) is 186 Å². The minimum Gasteiger partial charge on any atom is -0.294 e. The zero-order valence-electron chi connectivity index (χ0n) is 38.6. The predicted octanol–water partition coefficient (Wildman–Crippen LogP) is 18.6. The third-order valence-corrected chi connectivity index (χ3v) is 14.7. The number of pyridine rings is 1. The van der Waals surface area contributed by atoms with Crippen LogP contribution in [-0.4, -0.2) is 15.2 Å². The van der Waals surface area contributed by atoms with E-state index in [1.807, 2.05) is 57.2 Å². The Labute approximate surface area is 413 Å². The van der Waals surface area contributed by atoms with Gasteiger partial charge in [-0.05, 0) is 138 Å². The third-order valence-electron chi connectivity index (χ3n) is 13.5. The molecule has 0 atom stereocenters. The molecule has 0 radical (unpaired) electrons. The third kappa shape index (κ3) is 6.68. The zero-order chi connectivity index (χ0) is 48.2. The van der Waals surface area contributed by atoms with E-state index in [2.05, 4.69) is 94.6 Å². The zero-order valence-corrected chi connectivity index (χ0v) is 41.6. The molecule has 68 heavy (non-hydrogen) atoms. The van der Waals surface area contributed by atoms with Gasteiger partial charge in [0.15, 0.2) is 5.78 Å². The molecule has 0 aliphatic rings. The van der Waals surface area contributed by atoms with E-state index in [9.17, 15) is 9.59 Å². The predicted molar refractivity (Wildman–Crippen MR) is 297 cm³/mol. The van der Waals surface area contributed by atoms with Gasteiger partial charge in [0.1, 0.15) is 5.65 Å². The van der Waals surface area contributed by atoms with Crippen LogP contribution < -0.4 is 5.56 Å². The molecule has 0 spiro atoms. The van der Waals surface area contributed by atoms with E-state index in [0.29, 0.717) is 96.2 Å². The first-order valence-corrected chi connectivity index (χ1v) is 24.0. The molecular weight excluding hydrogens is 922 g/mol. The van der Waals surface area contributed by atoms with Gasteiger partial charge in [-0.1, -0.05) is 146 Å². The second kappa shape index (κ2) is 16.9. The molecule has 2 aromatic heterocycles. The van der Waals surface area contributed by atoms with Crippen LogP contribution in [0.15, 0.2) is 127 Å². The summed E-state index contributed by atoms with van der Waals surface area (Å²) >= 11 is 28.8. The molecule has 0 aliphatic heterocycles. The number of imidazole rings is 1. The van der Waals surface area contributed by atoms with E-state index in [0.717, 1.165) is 33.0 Å². The minimum atomic E-state index is -0.259. The number of carbonyl (C=O) groups excluding carboxylic acids is 1. The lowest BCUT2D eigenvalue weighted by molar-refractivity contribution is 0.101. The molecule has 0 N–H and O–H groups in total. The standard InChI is InChI=1S/C42H24Cl4N2O2.C16H14.C2H6/c1-6-7-8-20-12-24-21(11-18(20)4)9-10-31-40(24)48-41(47-31)25-15-29(45)36-34-27(43)13-22(17(2)3)32-23(19(5)49)14-28(44)35(38(32)34)37-30(46)16-26(42(48)50)33(25)39(36)37;1-11-7-8-15-9-13-5-3-4-6-14(13)10-16(15)12(11)2;1-2/h6-16H,1-2H2,3-5H3;3-10H,1-2H3;1-2H3/b8-7-;;. The van der Waals surface area contributed by atoms with Gasteiger partial charge in [0, 0.05) is 79.5 Å². The molecule has 10 aromatic carbocycles. The first-order valence-electron chi connectivity index (χ1n) is 22.5. The van der Waals surface area contributed by atoms with Crippen LogP contribution in [0.1, 0.15) is 65.9 Å². The Morgan fingerprint density at radius 3 is 1.79 bits per heavy atom. The van der Waals surface area contributed by atoms with Crippen molar-refractivity contribution in [1.29, 1.82) is 0 Å². The van der Waals surface area contributed by atoms with Crippen molar-refractivity contribution in [2.45, 2.75) is 48.5 Å². The molecule has 0 saturated carbocycles. The molecule has 12 aromatic rings. The van der Waals surface area contributed by atoms with E-state index in [-0.39, 0.29) is 11.3 Å². The summed E-state index contributed by atoms with van der Waals surface area (Å²) in [7, 11) is 0. The number of fused-ring (bicyclic) bond motifs is 10. The largest absolute Gasteiger partial charge is 0.294 e. The second-order valence-electron chi connectivity index (χ2n) is 17.4. The number of aromatic nitrogens is 2. The van der Waals surface area contributed by atoms with E-state index in [1.165, 1.54) is 39.6 Å². The molecule has 0 unspecified atom stereocenters. The van der Waals surface area contributed by atoms with Crippen LogP contribution in [0.4, 0.5) is 0 Å². The number of hydrogen-bond donors (Lipinski definition) is 0. The number of ketones is 1. The Bertz CT molecular complexity index is 4220. The van der Waals surface area contributed by atoms with E-state index < -0.39 is 0 Å². The lowest BCUT2D eigenvalue weighted by Crippen LogP contribution is -2.14. The Morgan fingerprint density at radius 1 is 0.588 bits per heavy atom. The average Bonchev–Trinajstić information content (AvgIpc) is 3.73. The van der Waals surface area contributed by atoms with Gasteiger partial charge in [0.25, 0.3) is 5.56 Å². The van der Waals surface area contributed by atoms with Gasteiger partial charge in [-0.2, -0.15) is 0 Å². The summed E-state index contributed by atoms with van der Waals surface area (Å²) in [5.74, 6) is -0.154. The maximum absolute atomic E-state index is 14.8. The van der Waals surface area contributed by atoms with Crippen molar-refractivity contribution in [3.63, 3.8) is 0 Å². The normalized spacial score (nSPS) is 11.9. The maximum atomic E-state index is 14.8. The highest BCUT2D eigenvalue weighted by atomic mass is 35.5. The van der Waals surface area contributed by atoms with E-state index in [1.54, 1.807) is 22.6 Å². The van der Waals surface area contributed by atoms with Gasteiger partial charge >= 0.3 is 0 Å². The lowest BCUT2D eigenvalue weighted by Gasteiger charge is -2.22. The first kappa shape index (κ1) is 45.3. The maximum Gasteiger partial charge on any atom is 0.264 e. The fourth-order valence-electron chi connectivity index (χ4n) is 10.3. The molecule has 0 amide bonds. The van der Waals surface area contributed by atoms with Gasteiger partial charge < -0.3 is 0 Å². The number of nitrogens with zero attached hydrogens (tertiary/aromatic N) is 2. The topological polar surface area (TPSA) is 51.4 Å². The van der Waals surface area contributed by atoms with Crippen LogP contribution >= 0.6 is 46.4 Å². The van der Waals surface area contributed by atoms with Gasteiger partial charge in [-0.3, -0.25) is 14.0 Å². The highest BCUT2D eigenvalue weighted by Gasteiger charge is 2.29. The summed E-state index contributed by atoms with van der Waals surface area (Å²) in [6, 6.07) is 32.7. The fraction of sp³-hybridized carbons (Fsp3) is 0.117. The fourth-order valence-corrected chi connectivity index (χ4v) is 11.5. The number of allylic oxidation sites excluding steroid dienone is 3. The Balaban J connectivity index is 0.000000251. The molecule has 12 rings (SSSR count). The Hall–Kier alpha value is -6.53. The van der Waals surface area contributed by atoms with Gasteiger partial charge in [-0.25, -0.2) is 4.98 Å². The molecule has 4 nitrogen and oxygen atoms in total. The number of benzene rings is 10. The Morgan fingerprint density at radius 2 is 1.16 bits per heavy atom. The SMILES string of the molecule is C=C/C=C\c1cc2c(ccc3nc4c5cc(Cl)c6c7c(Cl)cc(C(=C)C)c8c(C(C)=O)cc(Cl)c(c9c(Cl)cc(c(=O)n4c32)c5c96)c87)cc1C.CC.Cc1ccc2cc3ccccc3cc2c1C. The van der Waals surface area contributed by atoms with Crippen molar-refractivity contribution >= 4 is 167 Å². The van der Waals surface area contributed by atoms with Gasteiger partial charge in [0.2, 0.25) is 0 Å². The van der Waals surface area contributed by atoms with E-state index >= 15 is 0 Å². The quantitative estimate of drug-likeness (QED) is 0.0764. The summed E-state index contributed by atoms with van der Waals surface area (Å²) in [4.78, 5) is 32.9. The number of aryl methyl sites for hydroxylation is 3. The van der Waals surface area contributed by atoms with Crippen molar-refractivity contribution in [1.82, 2.24) is 9.38 Å². The molecule has 0 aliphatic carbocycles. The molecule has 0 fully saturated rings. The van der Waals surface area contributed by atoms with Crippen LogP contribution in [0.5, 0.6) is 0 Å². The van der Waals surface area contributed by atoms with E-state index in [4.69, 9.17) is 51.4 Å². The Kier molecular flexibility index (Phi) is 11.3. The van der Waals surface area contributed by atoms with Gasteiger partial charge in [-0.15, -0.1) is 0 Å². The highest BCUT2D eigenvalue weighted by molar-refractivity contribution is 6.55. The van der Waals surface area contributed by atoms with Crippen molar-refractivity contribution in [2.75, 3.05) is 0 Å². The molecule has 0 saturated heterocycles. The number of halogens is 4. The van der Waals surface area contributed by atoms with Crippen molar-refractivity contribution < 1.29 is 4.79 Å². The average molecular weight is 967 g/mol. The molecular formula is C60H44Cl4N2O2. The van der Waals surface area contributed by atoms with Crippen LogP contribution in [0.25, 0.3) is 115 Å². The molecule has 334 valence electrons. The van der Waals surface area contributed by atoms with Crippen LogP contribution in [0, 0.1) is 20.8 Å². The summed E-state index contributed by atoms with van der Waals surface area (Å²) in [5, 5.41) is 15.0. The molecule has 0 bridgehead atoms. The number of hydrogen-bond acceptors (Lipinski definition) is 3.